The first-order valence-electron chi connectivity index (χ1n) is 5.67. The molecule has 0 amide bonds. The molecule has 3 heterocycles. The summed E-state index contributed by atoms with van der Waals surface area (Å²) in [6, 6.07) is 0. The molecule has 2 atom stereocenters. The van der Waals surface area contributed by atoms with Gasteiger partial charge < -0.3 is 4.90 Å². The van der Waals surface area contributed by atoms with Gasteiger partial charge in [0.2, 0.25) is 0 Å². The standard InChI is InChI=1S/C10H13BrN6/c1-7-6-16(3-2-8(7)11)10-5-12-4-9-13-14-15-17(9)10/h4-5,7-8H,2-3,6H2,1H3. The van der Waals surface area contributed by atoms with Crippen LogP contribution in [0.25, 0.3) is 5.65 Å². The average Bonchev–Trinajstić information content (AvgIpc) is 2.80. The molecule has 17 heavy (non-hydrogen) atoms. The van der Waals surface area contributed by atoms with Crippen LogP contribution in [0.4, 0.5) is 5.82 Å². The average molecular weight is 297 g/mol. The lowest BCUT2D eigenvalue weighted by molar-refractivity contribution is 0.461. The molecule has 2 unspecified atom stereocenters. The fraction of sp³-hybridized carbons (Fsp3) is 0.600. The lowest BCUT2D eigenvalue weighted by atomic mass is 10.0. The van der Waals surface area contributed by atoms with Crippen LogP contribution in [0.2, 0.25) is 0 Å². The quantitative estimate of drug-likeness (QED) is 0.739. The summed E-state index contributed by atoms with van der Waals surface area (Å²) in [4.78, 5) is 7.08. The lowest BCUT2D eigenvalue weighted by Crippen LogP contribution is -2.40. The Balaban J connectivity index is 1.96. The second-order valence-electron chi connectivity index (χ2n) is 4.44. The molecule has 90 valence electrons. The Morgan fingerprint density at radius 2 is 2.29 bits per heavy atom. The van der Waals surface area contributed by atoms with Crippen LogP contribution in [-0.4, -0.2) is 42.9 Å². The van der Waals surface area contributed by atoms with E-state index in [9.17, 15) is 0 Å². The van der Waals surface area contributed by atoms with E-state index in [-0.39, 0.29) is 0 Å². The van der Waals surface area contributed by atoms with Crippen LogP contribution in [0, 0.1) is 5.92 Å². The lowest BCUT2D eigenvalue weighted by Gasteiger charge is -2.35. The maximum Gasteiger partial charge on any atom is 0.199 e. The first kappa shape index (κ1) is 10.9. The van der Waals surface area contributed by atoms with Gasteiger partial charge in [-0.1, -0.05) is 22.9 Å². The molecule has 3 rings (SSSR count). The van der Waals surface area contributed by atoms with Crippen LogP contribution in [0.5, 0.6) is 0 Å². The Bertz CT molecular complexity index is 526. The third kappa shape index (κ3) is 1.88. The number of alkyl halides is 1. The summed E-state index contributed by atoms with van der Waals surface area (Å²) < 4.78 is 1.74. The van der Waals surface area contributed by atoms with Crippen molar-refractivity contribution in [3.8, 4) is 0 Å². The Morgan fingerprint density at radius 3 is 3.12 bits per heavy atom. The zero-order valence-electron chi connectivity index (χ0n) is 9.49. The van der Waals surface area contributed by atoms with Crippen molar-refractivity contribution in [2.45, 2.75) is 18.2 Å². The number of fused-ring (bicyclic) bond motifs is 1. The molecule has 0 bridgehead atoms. The van der Waals surface area contributed by atoms with E-state index in [4.69, 9.17) is 0 Å². The molecule has 1 aliphatic rings. The number of tetrazole rings is 1. The SMILES string of the molecule is CC1CN(c2cncc3nnnn23)CCC1Br. The van der Waals surface area contributed by atoms with Crippen molar-refractivity contribution in [1.29, 1.82) is 0 Å². The molecule has 1 fully saturated rings. The summed E-state index contributed by atoms with van der Waals surface area (Å²) in [5.41, 5.74) is 0.691. The zero-order valence-corrected chi connectivity index (χ0v) is 11.1. The van der Waals surface area contributed by atoms with Crippen molar-refractivity contribution in [1.82, 2.24) is 25.0 Å². The topological polar surface area (TPSA) is 59.2 Å². The fourth-order valence-corrected chi connectivity index (χ4v) is 2.58. The van der Waals surface area contributed by atoms with E-state index in [1.54, 1.807) is 10.7 Å². The number of hydrogen-bond acceptors (Lipinski definition) is 5. The Morgan fingerprint density at radius 1 is 1.41 bits per heavy atom. The number of rotatable bonds is 1. The normalized spacial score (nSPS) is 25.4. The molecule has 6 nitrogen and oxygen atoms in total. The van der Waals surface area contributed by atoms with Gasteiger partial charge in [-0.2, -0.15) is 4.52 Å². The highest BCUT2D eigenvalue weighted by atomic mass is 79.9. The largest absolute Gasteiger partial charge is 0.355 e. The molecule has 7 heteroatoms. The van der Waals surface area contributed by atoms with Crippen molar-refractivity contribution in [3.63, 3.8) is 0 Å². The molecular formula is C10H13BrN6. The summed E-state index contributed by atoms with van der Waals surface area (Å²) in [5, 5.41) is 11.6. The zero-order chi connectivity index (χ0) is 11.8. The van der Waals surface area contributed by atoms with Crippen LogP contribution in [-0.2, 0) is 0 Å². The van der Waals surface area contributed by atoms with Gasteiger partial charge in [0.25, 0.3) is 0 Å². The molecule has 0 radical (unpaired) electrons. The predicted octanol–water partition coefficient (Wildman–Crippen LogP) is 1.13. The molecule has 2 aromatic heterocycles. The van der Waals surface area contributed by atoms with Crippen LogP contribution < -0.4 is 4.90 Å². The molecule has 0 spiro atoms. The maximum absolute atomic E-state index is 4.19. The van der Waals surface area contributed by atoms with E-state index in [1.807, 2.05) is 6.20 Å². The molecular weight excluding hydrogens is 284 g/mol. The van der Waals surface area contributed by atoms with Gasteiger partial charge in [-0.25, -0.2) is 0 Å². The van der Waals surface area contributed by atoms with Gasteiger partial charge in [-0.3, -0.25) is 4.98 Å². The van der Waals surface area contributed by atoms with E-state index >= 15 is 0 Å². The predicted molar refractivity (Wildman–Crippen MR) is 67.3 cm³/mol. The second-order valence-corrected chi connectivity index (χ2v) is 5.62. The van der Waals surface area contributed by atoms with Crippen molar-refractivity contribution >= 4 is 27.4 Å². The van der Waals surface area contributed by atoms with Gasteiger partial charge in [0.1, 0.15) is 0 Å². The highest BCUT2D eigenvalue weighted by molar-refractivity contribution is 9.09. The Hall–Kier alpha value is -1.24. The van der Waals surface area contributed by atoms with E-state index < -0.39 is 0 Å². The molecule has 0 aromatic carbocycles. The third-order valence-corrected chi connectivity index (χ3v) is 4.58. The molecule has 0 saturated carbocycles. The first-order valence-corrected chi connectivity index (χ1v) is 6.58. The van der Waals surface area contributed by atoms with Crippen LogP contribution in [0.1, 0.15) is 13.3 Å². The molecule has 1 saturated heterocycles. The molecule has 1 aliphatic heterocycles. The van der Waals surface area contributed by atoms with Gasteiger partial charge in [0.15, 0.2) is 11.5 Å². The fourth-order valence-electron chi connectivity index (χ4n) is 2.20. The van der Waals surface area contributed by atoms with Gasteiger partial charge in [-0.05, 0) is 22.8 Å². The second kappa shape index (κ2) is 4.21. The van der Waals surface area contributed by atoms with Crippen LogP contribution >= 0.6 is 15.9 Å². The number of anilines is 1. The minimum Gasteiger partial charge on any atom is -0.355 e. The van der Waals surface area contributed by atoms with E-state index in [0.29, 0.717) is 16.4 Å². The maximum atomic E-state index is 4.19. The van der Waals surface area contributed by atoms with E-state index in [2.05, 4.69) is 48.3 Å². The van der Waals surface area contributed by atoms with Crippen molar-refractivity contribution in [2.24, 2.45) is 5.92 Å². The third-order valence-electron chi connectivity index (χ3n) is 3.22. The number of piperidine rings is 1. The van der Waals surface area contributed by atoms with Crippen molar-refractivity contribution < 1.29 is 0 Å². The Labute approximate surface area is 107 Å². The number of aromatic nitrogens is 5. The van der Waals surface area contributed by atoms with Gasteiger partial charge in [0.05, 0.1) is 12.4 Å². The number of hydrogen-bond donors (Lipinski definition) is 0. The minimum absolute atomic E-state index is 0.597. The summed E-state index contributed by atoms with van der Waals surface area (Å²) in [7, 11) is 0. The van der Waals surface area contributed by atoms with Gasteiger partial charge >= 0.3 is 0 Å². The molecule has 2 aromatic rings. The van der Waals surface area contributed by atoms with Crippen LogP contribution in [0.3, 0.4) is 0 Å². The molecule has 0 aliphatic carbocycles. The summed E-state index contributed by atoms with van der Waals surface area (Å²) in [6.45, 7) is 4.25. The molecule has 0 N–H and O–H groups in total. The highest BCUT2D eigenvalue weighted by Gasteiger charge is 2.25. The van der Waals surface area contributed by atoms with Crippen molar-refractivity contribution in [2.75, 3.05) is 18.0 Å². The van der Waals surface area contributed by atoms with Gasteiger partial charge in [0, 0.05) is 17.9 Å². The van der Waals surface area contributed by atoms with E-state index in [0.717, 1.165) is 25.3 Å². The number of nitrogens with zero attached hydrogens (tertiary/aromatic N) is 6. The summed E-state index contributed by atoms with van der Waals surface area (Å²) >= 11 is 3.71. The van der Waals surface area contributed by atoms with Crippen LogP contribution in [0.15, 0.2) is 12.4 Å². The smallest absolute Gasteiger partial charge is 0.199 e. The van der Waals surface area contributed by atoms with Gasteiger partial charge in [-0.15, -0.1) is 5.10 Å². The monoisotopic (exact) mass is 296 g/mol. The summed E-state index contributed by atoms with van der Waals surface area (Å²) in [6.07, 6.45) is 4.62. The minimum atomic E-state index is 0.597. The highest BCUT2D eigenvalue weighted by Crippen LogP contribution is 2.26. The summed E-state index contributed by atoms with van der Waals surface area (Å²) in [5.74, 6) is 1.58. The first-order chi connectivity index (χ1) is 8.25. The van der Waals surface area contributed by atoms with E-state index in [1.165, 1.54) is 0 Å². The van der Waals surface area contributed by atoms with Crippen molar-refractivity contribution in [3.05, 3.63) is 12.4 Å². The Kier molecular flexibility index (Phi) is 2.70. The number of halogens is 1.